The van der Waals surface area contributed by atoms with Crippen LogP contribution < -0.4 is 0 Å². The highest BCUT2D eigenvalue weighted by Gasteiger charge is 2.70. The lowest BCUT2D eigenvalue weighted by Crippen LogP contribution is -2.54. The number of ether oxygens (including phenoxy) is 2. The minimum atomic E-state index is -3.62. The maximum absolute atomic E-state index is 13.9. The van der Waals surface area contributed by atoms with E-state index in [-0.39, 0.29) is 17.1 Å². The van der Waals surface area contributed by atoms with Crippen LogP contribution in [0.5, 0.6) is 0 Å². The number of hydrogen-bond acceptors (Lipinski definition) is 5. The van der Waals surface area contributed by atoms with Gasteiger partial charge < -0.3 is 9.47 Å². The topological polar surface area (TPSA) is 69.7 Å². The Balaban J connectivity index is 1.26. The number of esters is 2. The minimum absolute atomic E-state index is 0.00310. The average molecular weight is 451 g/mol. The standard InChI is InChI=1S/C25H32F2O5/c1-3-25(13-5-11-4-12(7-13)8-14(25)6-11)10-17(28)18-15-9-16-19(18)22(29)31-20(16)21(15)32-23(30)24(2,26)27/h11-16,18-21H,3-10H2,1-2H3. The van der Waals surface area contributed by atoms with E-state index in [1.807, 2.05) is 0 Å². The summed E-state index contributed by atoms with van der Waals surface area (Å²) in [6.45, 7) is 2.70. The Morgan fingerprint density at radius 2 is 1.69 bits per heavy atom. The van der Waals surface area contributed by atoms with E-state index in [9.17, 15) is 23.2 Å². The molecule has 0 aromatic carbocycles. The molecule has 0 spiro atoms. The maximum atomic E-state index is 13.9. The predicted molar refractivity (Wildman–Crippen MR) is 108 cm³/mol. The molecule has 7 heteroatoms. The van der Waals surface area contributed by atoms with Crippen molar-refractivity contribution >= 4 is 17.7 Å². The summed E-state index contributed by atoms with van der Waals surface area (Å²) >= 11 is 0. The van der Waals surface area contributed by atoms with Gasteiger partial charge in [0.2, 0.25) is 0 Å². The molecule has 6 unspecified atom stereocenters. The first-order valence-electron chi connectivity index (χ1n) is 12.4. The summed E-state index contributed by atoms with van der Waals surface area (Å²) in [5.74, 6) is -4.50. The Hall–Kier alpha value is -1.53. The lowest BCUT2D eigenvalue weighted by Gasteiger charge is -2.61. The Bertz CT molecular complexity index is 835. The normalized spacial score (nSPS) is 50.1. The Morgan fingerprint density at radius 3 is 2.25 bits per heavy atom. The van der Waals surface area contributed by atoms with Crippen LogP contribution in [-0.2, 0) is 23.9 Å². The van der Waals surface area contributed by atoms with E-state index < -0.39 is 47.8 Å². The number of fused-ring (bicyclic) bond motifs is 1. The lowest BCUT2D eigenvalue weighted by molar-refractivity contribution is -0.185. The first kappa shape index (κ1) is 21.0. The van der Waals surface area contributed by atoms with Gasteiger partial charge in [0.15, 0.2) is 0 Å². The SMILES string of the molecule is CCC1(CC(=O)C2C3CC4C(OC(=O)C42)C3OC(=O)C(C)(F)F)C2CC3CC(C2)CC1C3. The molecule has 0 aromatic heterocycles. The van der Waals surface area contributed by atoms with Gasteiger partial charge in [-0.05, 0) is 74.0 Å². The average Bonchev–Trinajstić information content (AvgIpc) is 3.33. The maximum Gasteiger partial charge on any atom is 0.377 e. The Kier molecular flexibility index (Phi) is 4.44. The van der Waals surface area contributed by atoms with E-state index in [0.717, 1.165) is 18.3 Å². The largest absolute Gasteiger partial charge is 0.458 e. The van der Waals surface area contributed by atoms with Gasteiger partial charge in [-0.15, -0.1) is 0 Å². The molecule has 32 heavy (non-hydrogen) atoms. The fourth-order valence-corrected chi connectivity index (χ4v) is 9.37. The van der Waals surface area contributed by atoms with Crippen LogP contribution in [0.1, 0.15) is 65.2 Å². The van der Waals surface area contributed by atoms with Gasteiger partial charge in [0.25, 0.3) is 0 Å². The van der Waals surface area contributed by atoms with E-state index in [4.69, 9.17) is 9.47 Å². The van der Waals surface area contributed by atoms with E-state index >= 15 is 0 Å². The van der Waals surface area contributed by atoms with Crippen molar-refractivity contribution in [1.29, 1.82) is 0 Å². The fourth-order valence-electron chi connectivity index (χ4n) is 9.37. The number of rotatable bonds is 6. The molecule has 1 saturated heterocycles. The molecule has 1 heterocycles. The van der Waals surface area contributed by atoms with E-state index in [1.165, 1.54) is 32.1 Å². The van der Waals surface area contributed by atoms with Crippen molar-refractivity contribution in [3.05, 3.63) is 0 Å². The van der Waals surface area contributed by atoms with Gasteiger partial charge in [0.1, 0.15) is 18.0 Å². The molecule has 5 nitrogen and oxygen atoms in total. The molecule has 1 aliphatic heterocycles. The highest BCUT2D eigenvalue weighted by molar-refractivity contribution is 5.90. The molecule has 6 saturated carbocycles. The number of hydrogen-bond donors (Lipinski definition) is 0. The van der Waals surface area contributed by atoms with Crippen LogP contribution in [0.25, 0.3) is 0 Å². The zero-order valence-electron chi connectivity index (χ0n) is 18.7. The van der Waals surface area contributed by atoms with Crippen LogP contribution in [0.15, 0.2) is 0 Å². The summed E-state index contributed by atoms with van der Waals surface area (Å²) in [5, 5.41) is 0. The first-order valence-corrected chi connectivity index (χ1v) is 12.4. The third-order valence-corrected chi connectivity index (χ3v) is 10.4. The van der Waals surface area contributed by atoms with Crippen LogP contribution in [-0.4, -0.2) is 35.9 Å². The zero-order valence-corrected chi connectivity index (χ0v) is 18.7. The third-order valence-electron chi connectivity index (χ3n) is 10.4. The monoisotopic (exact) mass is 450 g/mol. The minimum Gasteiger partial charge on any atom is -0.458 e. The van der Waals surface area contributed by atoms with Gasteiger partial charge in [0.05, 0.1) is 5.92 Å². The van der Waals surface area contributed by atoms with Crippen LogP contribution in [0.2, 0.25) is 0 Å². The van der Waals surface area contributed by atoms with Crippen molar-refractivity contribution < 1.29 is 32.6 Å². The molecule has 0 radical (unpaired) electrons. The van der Waals surface area contributed by atoms with E-state index in [0.29, 0.717) is 31.6 Å². The quantitative estimate of drug-likeness (QED) is 0.568. The van der Waals surface area contributed by atoms with Gasteiger partial charge >= 0.3 is 17.9 Å². The van der Waals surface area contributed by atoms with Gasteiger partial charge in [0, 0.05) is 31.1 Å². The Morgan fingerprint density at radius 1 is 1.06 bits per heavy atom. The summed E-state index contributed by atoms with van der Waals surface area (Å²) in [6, 6.07) is 0. The second-order valence-electron chi connectivity index (χ2n) is 11.8. The Labute approximate surface area is 187 Å². The van der Waals surface area contributed by atoms with Crippen LogP contribution in [0.4, 0.5) is 8.78 Å². The van der Waals surface area contributed by atoms with Crippen molar-refractivity contribution in [2.24, 2.45) is 52.8 Å². The zero-order chi connectivity index (χ0) is 22.6. The second-order valence-corrected chi connectivity index (χ2v) is 11.8. The van der Waals surface area contributed by atoms with E-state index in [1.54, 1.807) is 0 Å². The molecule has 6 bridgehead atoms. The van der Waals surface area contributed by atoms with Crippen molar-refractivity contribution in [3.63, 3.8) is 0 Å². The van der Waals surface area contributed by atoms with Crippen molar-refractivity contribution in [3.8, 4) is 0 Å². The van der Waals surface area contributed by atoms with Crippen molar-refractivity contribution in [1.82, 2.24) is 0 Å². The molecule has 0 N–H and O–H groups in total. The van der Waals surface area contributed by atoms with E-state index in [2.05, 4.69) is 6.92 Å². The highest BCUT2D eigenvalue weighted by Crippen LogP contribution is 2.66. The van der Waals surface area contributed by atoms with Gasteiger partial charge in [-0.25, -0.2) is 4.79 Å². The van der Waals surface area contributed by atoms with Crippen LogP contribution in [0.3, 0.4) is 0 Å². The summed E-state index contributed by atoms with van der Waals surface area (Å²) in [5.41, 5.74) is -0.00310. The molecule has 0 aromatic rings. The molecule has 6 aliphatic carbocycles. The number of carbonyl (C=O) groups is 3. The third kappa shape index (κ3) is 2.74. The molecular weight excluding hydrogens is 418 g/mol. The van der Waals surface area contributed by atoms with Gasteiger partial charge in [-0.3, -0.25) is 9.59 Å². The lowest BCUT2D eigenvalue weighted by atomic mass is 9.43. The van der Waals surface area contributed by atoms with Crippen LogP contribution >= 0.6 is 0 Å². The number of carbonyl (C=O) groups excluding carboxylic acids is 3. The molecule has 7 fully saturated rings. The highest BCUT2D eigenvalue weighted by atomic mass is 19.3. The molecule has 176 valence electrons. The van der Waals surface area contributed by atoms with Crippen molar-refractivity contribution in [2.75, 3.05) is 0 Å². The first-order chi connectivity index (χ1) is 15.1. The number of Topliss-reactive ketones (excluding diaryl/α,β-unsaturated/α-hetero) is 1. The number of alkyl halides is 2. The fraction of sp³-hybridized carbons (Fsp3) is 0.880. The smallest absolute Gasteiger partial charge is 0.377 e. The summed E-state index contributed by atoms with van der Waals surface area (Å²) in [6.07, 6.45) is 6.53. The predicted octanol–water partition coefficient (Wildman–Crippen LogP) is 4.17. The molecular formula is C25H32F2O5. The van der Waals surface area contributed by atoms with Crippen LogP contribution in [0, 0.1) is 52.8 Å². The van der Waals surface area contributed by atoms with Gasteiger partial charge in [-0.1, -0.05) is 6.92 Å². The summed E-state index contributed by atoms with van der Waals surface area (Å²) < 4.78 is 37.7. The molecule has 7 aliphatic rings. The summed E-state index contributed by atoms with van der Waals surface area (Å²) in [4.78, 5) is 38.4. The number of halogens is 2. The molecule has 0 amide bonds. The second kappa shape index (κ2) is 6.75. The molecule has 6 atom stereocenters. The molecule has 7 rings (SSSR count). The summed E-state index contributed by atoms with van der Waals surface area (Å²) in [7, 11) is 0. The number of ketones is 1. The van der Waals surface area contributed by atoms with Crippen molar-refractivity contribution in [2.45, 2.75) is 83.3 Å². The van der Waals surface area contributed by atoms with Gasteiger partial charge in [-0.2, -0.15) is 8.78 Å².